The SMILES string of the molecule is CN(C)CC[c-]1c(C2CCCCC2)cc(C2CCCCC2)c1C1CCCCC1.[Cl-].[Cl-].[Ti+3]. The van der Waals surface area contributed by atoms with Crippen molar-refractivity contribution in [1.29, 1.82) is 0 Å². The second-order valence-corrected chi connectivity index (χ2v) is 10.5. The molecule has 175 valence electrons. The van der Waals surface area contributed by atoms with Gasteiger partial charge in [0.1, 0.15) is 0 Å². The van der Waals surface area contributed by atoms with Gasteiger partial charge < -0.3 is 29.7 Å². The van der Waals surface area contributed by atoms with Gasteiger partial charge in [0.15, 0.2) is 0 Å². The van der Waals surface area contributed by atoms with Gasteiger partial charge in [-0.15, -0.1) is 5.56 Å². The number of halogens is 2. The minimum absolute atomic E-state index is 0. The third-order valence-corrected chi connectivity index (χ3v) is 8.21. The summed E-state index contributed by atoms with van der Waals surface area (Å²) in [5.41, 5.74) is 7.41. The maximum atomic E-state index is 2.79. The molecule has 0 spiro atoms. The summed E-state index contributed by atoms with van der Waals surface area (Å²) in [6.07, 6.45) is 23.2. The zero-order valence-corrected chi connectivity index (χ0v) is 23.1. The molecular weight excluding hydrogens is 457 g/mol. The average molecular weight is 501 g/mol. The first-order valence-electron chi connectivity index (χ1n) is 12.7. The normalized spacial score (nSPS) is 21.3. The summed E-state index contributed by atoms with van der Waals surface area (Å²) in [7, 11) is 4.51. The zero-order chi connectivity index (χ0) is 19.3. The molecule has 0 aliphatic heterocycles. The second-order valence-electron chi connectivity index (χ2n) is 10.5. The van der Waals surface area contributed by atoms with Gasteiger partial charge in [-0.05, 0) is 58.2 Å². The first-order valence-corrected chi connectivity index (χ1v) is 12.7. The molecule has 0 heterocycles. The van der Waals surface area contributed by atoms with Gasteiger partial charge in [0.2, 0.25) is 0 Å². The summed E-state index contributed by atoms with van der Waals surface area (Å²) in [6, 6.07) is 2.79. The molecule has 0 amide bonds. The van der Waals surface area contributed by atoms with Gasteiger partial charge in [0, 0.05) is 0 Å². The molecule has 3 aliphatic carbocycles. The molecule has 4 rings (SSSR count). The van der Waals surface area contributed by atoms with Crippen LogP contribution in [0.1, 0.15) is 136 Å². The Bertz CT molecular complexity index is 609. The van der Waals surface area contributed by atoms with E-state index in [-0.39, 0.29) is 46.5 Å². The molecule has 31 heavy (non-hydrogen) atoms. The monoisotopic (exact) mass is 500 g/mol. The molecule has 0 atom stereocenters. The van der Waals surface area contributed by atoms with Crippen LogP contribution in [0.3, 0.4) is 0 Å². The standard InChI is InChI=1S/C27H44N.2ClH.Ti/c1-28(2)19-18-24-25(21-12-6-3-7-13-21)20-26(22-14-8-4-9-15-22)27(24)23-16-10-5-11-17-23;;;/h20-23H,3-19H2,1-2H3;2*1H;/q-1;;;+3/p-2. The van der Waals surface area contributed by atoms with Gasteiger partial charge in [-0.2, -0.15) is 16.7 Å². The molecule has 0 unspecified atom stereocenters. The predicted octanol–water partition coefficient (Wildman–Crippen LogP) is 1.66. The van der Waals surface area contributed by atoms with E-state index in [4.69, 9.17) is 0 Å². The first-order chi connectivity index (χ1) is 13.7. The molecule has 1 aromatic rings. The quantitative estimate of drug-likeness (QED) is 0.424. The van der Waals surface area contributed by atoms with Crippen LogP contribution in [0.2, 0.25) is 0 Å². The van der Waals surface area contributed by atoms with Gasteiger partial charge in [0.05, 0.1) is 0 Å². The molecule has 0 N–H and O–H groups in total. The Kier molecular flexibility index (Phi) is 14.1. The van der Waals surface area contributed by atoms with Crippen molar-refractivity contribution in [1.82, 2.24) is 4.90 Å². The van der Waals surface area contributed by atoms with Crippen LogP contribution in [-0.2, 0) is 28.1 Å². The topological polar surface area (TPSA) is 3.24 Å². The molecule has 4 heteroatoms. The van der Waals surface area contributed by atoms with Crippen LogP contribution < -0.4 is 24.8 Å². The molecule has 3 aliphatic rings. The van der Waals surface area contributed by atoms with Crippen molar-refractivity contribution >= 4 is 0 Å². The van der Waals surface area contributed by atoms with Crippen LogP contribution in [-0.4, -0.2) is 25.5 Å². The fourth-order valence-corrected chi connectivity index (χ4v) is 6.68. The molecule has 1 radical (unpaired) electrons. The Morgan fingerprint density at radius 1 is 0.710 bits per heavy atom. The summed E-state index contributed by atoms with van der Waals surface area (Å²) in [5, 5.41) is 0. The van der Waals surface area contributed by atoms with Crippen LogP contribution in [0.25, 0.3) is 0 Å². The minimum Gasteiger partial charge on any atom is -1.00 e. The van der Waals surface area contributed by atoms with Crippen LogP contribution >= 0.6 is 0 Å². The fraction of sp³-hybridized carbons (Fsp3) is 0.815. The van der Waals surface area contributed by atoms with Gasteiger partial charge >= 0.3 is 21.7 Å². The predicted molar refractivity (Wildman–Crippen MR) is 122 cm³/mol. The maximum Gasteiger partial charge on any atom is 3.00 e. The molecule has 3 saturated carbocycles. The Morgan fingerprint density at radius 2 is 1.16 bits per heavy atom. The molecular formula is C27H44Cl2NTi. The Morgan fingerprint density at radius 3 is 1.65 bits per heavy atom. The maximum absolute atomic E-state index is 2.79. The van der Waals surface area contributed by atoms with E-state index >= 15 is 0 Å². The van der Waals surface area contributed by atoms with Crippen molar-refractivity contribution in [2.45, 2.75) is 120 Å². The zero-order valence-electron chi connectivity index (χ0n) is 20.0. The van der Waals surface area contributed by atoms with Crippen LogP contribution in [0.5, 0.6) is 0 Å². The van der Waals surface area contributed by atoms with Gasteiger partial charge in [-0.1, -0.05) is 83.0 Å². The van der Waals surface area contributed by atoms with Crippen molar-refractivity contribution in [3.05, 3.63) is 28.3 Å². The third kappa shape index (κ3) is 7.55. The summed E-state index contributed by atoms with van der Waals surface area (Å²) < 4.78 is 0. The van der Waals surface area contributed by atoms with Crippen LogP contribution in [0.4, 0.5) is 0 Å². The number of nitrogens with zero attached hydrogens (tertiary/aromatic N) is 1. The molecule has 0 saturated heterocycles. The Hall–Kier alpha value is 0.604. The molecule has 3 fully saturated rings. The smallest absolute Gasteiger partial charge is 1.00 e. The average Bonchev–Trinajstić information content (AvgIpc) is 3.13. The van der Waals surface area contributed by atoms with Crippen molar-refractivity contribution in [2.24, 2.45) is 0 Å². The molecule has 0 aromatic heterocycles. The largest absolute Gasteiger partial charge is 3.00 e. The van der Waals surface area contributed by atoms with E-state index in [2.05, 4.69) is 25.1 Å². The third-order valence-electron chi connectivity index (χ3n) is 8.21. The summed E-state index contributed by atoms with van der Waals surface area (Å²) in [4.78, 5) is 2.41. The van der Waals surface area contributed by atoms with E-state index in [1.54, 1.807) is 0 Å². The van der Waals surface area contributed by atoms with Crippen molar-refractivity contribution in [3.8, 4) is 0 Å². The number of rotatable bonds is 6. The molecule has 1 aromatic carbocycles. The number of likely N-dealkylation sites (N-methyl/N-ethyl adjacent to an activating group) is 1. The van der Waals surface area contributed by atoms with Crippen LogP contribution in [0.15, 0.2) is 6.07 Å². The molecule has 0 bridgehead atoms. The van der Waals surface area contributed by atoms with Gasteiger partial charge in [-0.25, -0.2) is 6.07 Å². The van der Waals surface area contributed by atoms with E-state index in [1.807, 2.05) is 22.3 Å². The summed E-state index contributed by atoms with van der Waals surface area (Å²) in [5.74, 6) is 2.62. The molecule has 1 nitrogen and oxygen atoms in total. The summed E-state index contributed by atoms with van der Waals surface area (Å²) in [6.45, 7) is 1.22. The fourth-order valence-electron chi connectivity index (χ4n) is 6.68. The first kappa shape index (κ1) is 29.6. The van der Waals surface area contributed by atoms with Gasteiger partial charge in [-0.3, -0.25) is 0 Å². The minimum atomic E-state index is 0. The van der Waals surface area contributed by atoms with Gasteiger partial charge in [0.25, 0.3) is 0 Å². The number of hydrogen-bond acceptors (Lipinski definition) is 1. The Labute approximate surface area is 220 Å². The van der Waals surface area contributed by atoms with E-state index < -0.39 is 0 Å². The second kappa shape index (κ2) is 14.8. The summed E-state index contributed by atoms with van der Waals surface area (Å²) >= 11 is 0. The van der Waals surface area contributed by atoms with E-state index in [0.29, 0.717) is 0 Å². The van der Waals surface area contributed by atoms with Crippen molar-refractivity contribution < 1.29 is 46.5 Å². The number of hydrogen-bond donors (Lipinski definition) is 0. The van der Waals surface area contributed by atoms with E-state index in [0.717, 1.165) is 17.8 Å². The van der Waals surface area contributed by atoms with E-state index in [9.17, 15) is 0 Å². The Balaban J connectivity index is 0.00000160. The van der Waals surface area contributed by atoms with Crippen molar-refractivity contribution in [3.63, 3.8) is 0 Å². The van der Waals surface area contributed by atoms with E-state index in [1.165, 1.54) is 109 Å². The van der Waals surface area contributed by atoms with Crippen LogP contribution in [0, 0.1) is 0 Å². The van der Waals surface area contributed by atoms with Crippen molar-refractivity contribution in [2.75, 3.05) is 20.6 Å².